The van der Waals surface area contributed by atoms with Gasteiger partial charge in [-0.15, -0.1) is 0 Å². The lowest BCUT2D eigenvalue weighted by molar-refractivity contribution is -0.138. The highest BCUT2D eigenvalue weighted by molar-refractivity contribution is 9.10. The molecule has 0 radical (unpaired) electrons. The number of halogens is 1. The number of rotatable bonds is 6. The van der Waals surface area contributed by atoms with E-state index in [-0.39, 0.29) is 12.4 Å². The van der Waals surface area contributed by atoms with Gasteiger partial charge in [-0.3, -0.25) is 4.79 Å². The Hall–Kier alpha value is -4.16. The van der Waals surface area contributed by atoms with Crippen molar-refractivity contribution in [2.75, 3.05) is 6.61 Å². The lowest BCUT2D eigenvalue weighted by atomic mass is 9.80. The first-order chi connectivity index (χ1) is 19.0. The third kappa shape index (κ3) is 4.45. The van der Waals surface area contributed by atoms with Gasteiger partial charge in [-0.05, 0) is 69.9 Å². The van der Waals surface area contributed by atoms with E-state index in [1.807, 2.05) is 61.5 Å². The van der Waals surface area contributed by atoms with Crippen LogP contribution in [0.2, 0.25) is 0 Å². The van der Waals surface area contributed by atoms with E-state index >= 15 is 0 Å². The number of hydrogen-bond donors (Lipinski definition) is 1. The van der Waals surface area contributed by atoms with Gasteiger partial charge in [0.2, 0.25) is 0 Å². The molecule has 4 aromatic carbocycles. The molecule has 0 saturated carbocycles. The maximum atomic E-state index is 13.6. The maximum absolute atomic E-state index is 13.6. The third-order valence-electron chi connectivity index (χ3n) is 7.24. The summed E-state index contributed by atoms with van der Waals surface area (Å²) in [7, 11) is 0. The van der Waals surface area contributed by atoms with E-state index < -0.39 is 11.9 Å². The quantitative estimate of drug-likeness (QED) is 0.242. The number of dihydropyridines is 1. The van der Waals surface area contributed by atoms with Crippen molar-refractivity contribution in [2.24, 2.45) is 0 Å². The van der Waals surface area contributed by atoms with E-state index in [1.165, 1.54) is 10.8 Å². The van der Waals surface area contributed by atoms with Gasteiger partial charge in [0.15, 0.2) is 5.78 Å². The van der Waals surface area contributed by atoms with E-state index in [4.69, 9.17) is 9.47 Å². The SMILES string of the molecule is CCOC(=O)C1=C(C)NC2=C(C(=O)c3ccccc32)[C@H]1c1ccc(OCc2ccc3ccccc3c2)c(Br)c1. The summed E-state index contributed by atoms with van der Waals surface area (Å²) in [6.45, 7) is 4.28. The molecule has 0 unspecified atom stereocenters. The molecule has 0 amide bonds. The van der Waals surface area contributed by atoms with Gasteiger partial charge in [-0.2, -0.15) is 0 Å². The minimum atomic E-state index is -0.578. The number of fused-ring (bicyclic) bond motifs is 3. The number of Topliss-reactive ketones (excluding diaryl/α,β-unsaturated/α-hetero) is 1. The largest absolute Gasteiger partial charge is 0.488 e. The minimum absolute atomic E-state index is 0.0832. The summed E-state index contributed by atoms with van der Waals surface area (Å²) in [4.78, 5) is 26.8. The number of carbonyl (C=O) groups is 2. The van der Waals surface area contributed by atoms with Crippen LogP contribution < -0.4 is 10.1 Å². The average Bonchev–Trinajstić information content (AvgIpc) is 3.23. The fraction of sp³-hybridized carbons (Fsp3) is 0.152. The maximum Gasteiger partial charge on any atom is 0.336 e. The fourth-order valence-corrected chi connectivity index (χ4v) is 5.96. The van der Waals surface area contributed by atoms with Crippen LogP contribution in [0.3, 0.4) is 0 Å². The average molecular weight is 580 g/mol. The summed E-state index contributed by atoms with van der Waals surface area (Å²) in [5.41, 5.74) is 5.77. The first-order valence-electron chi connectivity index (χ1n) is 12.9. The fourth-order valence-electron chi connectivity index (χ4n) is 5.45. The molecule has 0 saturated heterocycles. The zero-order valence-corrected chi connectivity index (χ0v) is 23.2. The summed E-state index contributed by atoms with van der Waals surface area (Å²) >= 11 is 3.67. The summed E-state index contributed by atoms with van der Waals surface area (Å²) in [5.74, 6) is -0.420. The monoisotopic (exact) mass is 579 g/mol. The standard InChI is InChI=1S/C33H26BrNO4/c1-3-38-33(37)28-19(2)35-31-24-10-6-7-11-25(24)32(36)30(31)29(28)23-14-15-27(26(34)17-23)39-18-20-12-13-21-8-4-5-9-22(21)16-20/h4-17,29,35H,3,18H2,1-2H3/t29-/m0/s1. The number of ether oxygens (including phenoxy) is 2. The molecular formula is C33H26BrNO4. The van der Waals surface area contributed by atoms with Crippen molar-refractivity contribution in [3.05, 3.63) is 128 Å². The van der Waals surface area contributed by atoms with Crippen molar-refractivity contribution in [3.63, 3.8) is 0 Å². The highest BCUT2D eigenvalue weighted by atomic mass is 79.9. The van der Waals surface area contributed by atoms with E-state index in [9.17, 15) is 9.59 Å². The molecule has 0 fully saturated rings. The highest BCUT2D eigenvalue weighted by Gasteiger charge is 2.43. The Balaban J connectivity index is 1.35. The lowest BCUT2D eigenvalue weighted by Gasteiger charge is -2.29. The topological polar surface area (TPSA) is 64.6 Å². The molecule has 0 spiro atoms. The number of benzene rings is 4. The van der Waals surface area contributed by atoms with Gasteiger partial charge in [-0.1, -0.05) is 66.7 Å². The number of hydrogen-bond acceptors (Lipinski definition) is 5. The molecule has 1 aliphatic heterocycles. The number of esters is 1. The zero-order chi connectivity index (χ0) is 27.1. The molecule has 1 aliphatic carbocycles. The van der Waals surface area contributed by atoms with Gasteiger partial charge < -0.3 is 14.8 Å². The summed E-state index contributed by atoms with van der Waals surface area (Å²) in [5, 5.41) is 5.68. The van der Waals surface area contributed by atoms with Crippen LogP contribution in [-0.2, 0) is 16.1 Å². The Morgan fingerprint density at radius 1 is 0.923 bits per heavy atom. The van der Waals surface area contributed by atoms with Crippen molar-refractivity contribution < 1.29 is 19.1 Å². The Morgan fingerprint density at radius 2 is 1.67 bits per heavy atom. The van der Waals surface area contributed by atoms with Gasteiger partial charge in [0, 0.05) is 28.3 Å². The first-order valence-corrected chi connectivity index (χ1v) is 13.7. The molecule has 4 aromatic rings. The van der Waals surface area contributed by atoms with Crippen molar-refractivity contribution in [1.82, 2.24) is 5.32 Å². The molecule has 1 N–H and O–H groups in total. The molecule has 6 rings (SSSR count). The van der Waals surface area contributed by atoms with Crippen LogP contribution in [0.4, 0.5) is 0 Å². The van der Waals surface area contributed by atoms with Gasteiger partial charge in [0.1, 0.15) is 12.4 Å². The van der Waals surface area contributed by atoms with Gasteiger partial charge in [-0.25, -0.2) is 4.79 Å². The molecule has 1 heterocycles. The van der Waals surface area contributed by atoms with Gasteiger partial charge in [0.05, 0.1) is 22.3 Å². The molecule has 6 heteroatoms. The summed E-state index contributed by atoms with van der Waals surface area (Å²) in [6.07, 6.45) is 0. The van der Waals surface area contributed by atoms with Crippen LogP contribution in [-0.4, -0.2) is 18.4 Å². The Morgan fingerprint density at radius 3 is 2.44 bits per heavy atom. The second-order valence-corrected chi connectivity index (χ2v) is 10.5. The Kier molecular flexibility index (Phi) is 6.57. The Labute approximate surface area is 235 Å². The van der Waals surface area contributed by atoms with Crippen molar-refractivity contribution in [3.8, 4) is 5.75 Å². The van der Waals surface area contributed by atoms with Crippen molar-refractivity contribution in [2.45, 2.75) is 26.4 Å². The zero-order valence-electron chi connectivity index (χ0n) is 21.6. The van der Waals surface area contributed by atoms with Crippen LogP contribution in [0.25, 0.3) is 16.5 Å². The molecule has 5 nitrogen and oxygen atoms in total. The van der Waals surface area contributed by atoms with Crippen molar-refractivity contribution in [1.29, 1.82) is 0 Å². The summed E-state index contributed by atoms with van der Waals surface area (Å²) in [6, 6.07) is 27.8. The third-order valence-corrected chi connectivity index (χ3v) is 7.86. The van der Waals surface area contributed by atoms with E-state index in [0.29, 0.717) is 34.8 Å². The van der Waals surface area contributed by atoms with Gasteiger partial charge in [0.25, 0.3) is 0 Å². The molecular weight excluding hydrogens is 554 g/mol. The predicted molar refractivity (Wildman–Crippen MR) is 155 cm³/mol. The molecule has 2 aliphatic rings. The second-order valence-electron chi connectivity index (χ2n) is 9.64. The Bertz CT molecular complexity index is 1720. The van der Waals surface area contributed by atoms with E-state index in [0.717, 1.165) is 26.9 Å². The second kappa shape index (κ2) is 10.2. The minimum Gasteiger partial charge on any atom is -0.488 e. The molecule has 1 atom stereocenters. The molecule has 194 valence electrons. The molecule has 0 bridgehead atoms. The number of allylic oxidation sites excluding steroid dienone is 2. The number of nitrogens with one attached hydrogen (secondary N) is 1. The predicted octanol–water partition coefficient (Wildman–Crippen LogP) is 7.31. The van der Waals surface area contributed by atoms with Crippen LogP contribution in [0.15, 0.2) is 106 Å². The van der Waals surface area contributed by atoms with Gasteiger partial charge >= 0.3 is 5.97 Å². The molecule has 0 aromatic heterocycles. The van der Waals surface area contributed by atoms with Crippen LogP contribution in [0.5, 0.6) is 5.75 Å². The normalized spacial score (nSPS) is 16.2. The summed E-state index contributed by atoms with van der Waals surface area (Å²) < 4.78 is 12.3. The van der Waals surface area contributed by atoms with Crippen LogP contribution in [0, 0.1) is 0 Å². The van der Waals surface area contributed by atoms with Crippen molar-refractivity contribution >= 4 is 44.2 Å². The number of ketones is 1. The number of carbonyl (C=O) groups excluding carboxylic acids is 2. The first kappa shape index (κ1) is 25.1. The van der Waals surface area contributed by atoms with E-state index in [2.05, 4.69) is 51.6 Å². The molecule has 39 heavy (non-hydrogen) atoms. The smallest absolute Gasteiger partial charge is 0.336 e. The van der Waals surface area contributed by atoms with Crippen LogP contribution >= 0.6 is 15.9 Å². The van der Waals surface area contributed by atoms with E-state index in [1.54, 1.807) is 6.92 Å². The lowest BCUT2D eigenvalue weighted by Crippen LogP contribution is -2.29. The van der Waals surface area contributed by atoms with Crippen LogP contribution in [0.1, 0.15) is 46.8 Å². The highest BCUT2D eigenvalue weighted by Crippen LogP contribution is 2.47.